The van der Waals surface area contributed by atoms with Gasteiger partial charge >= 0.3 is 0 Å². The van der Waals surface area contributed by atoms with Gasteiger partial charge in [0.05, 0.1) is 19.5 Å². The summed E-state index contributed by atoms with van der Waals surface area (Å²) in [5.41, 5.74) is 4.40. The molecule has 6 heteroatoms. The van der Waals surface area contributed by atoms with Crippen LogP contribution in [0.25, 0.3) is 11.5 Å². The molecule has 152 valence electrons. The fourth-order valence-corrected chi connectivity index (χ4v) is 4.37. The van der Waals surface area contributed by atoms with Crippen LogP contribution in [0.15, 0.2) is 82.4 Å². The van der Waals surface area contributed by atoms with Gasteiger partial charge in [0, 0.05) is 5.56 Å². The van der Waals surface area contributed by atoms with Crippen LogP contribution in [-0.2, 0) is 0 Å². The molecule has 0 N–H and O–H groups in total. The number of benzene rings is 3. The van der Waals surface area contributed by atoms with Crippen LogP contribution < -0.4 is 9.47 Å². The number of hydrogen-bond acceptors (Lipinski definition) is 6. The van der Waals surface area contributed by atoms with Gasteiger partial charge in [-0.05, 0) is 41.8 Å². The lowest BCUT2D eigenvalue weighted by molar-refractivity contribution is 0.355. The van der Waals surface area contributed by atoms with Crippen LogP contribution in [0.5, 0.6) is 11.5 Å². The molecule has 0 amide bonds. The molecule has 4 rings (SSSR count). The van der Waals surface area contributed by atoms with Crippen molar-refractivity contribution in [3.63, 3.8) is 0 Å². The minimum absolute atomic E-state index is 0.0473. The molecule has 4 aromatic rings. The molecule has 0 aliphatic heterocycles. The van der Waals surface area contributed by atoms with Crippen molar-refractivity contribution in [2.24, 2.45) is 0 Å². The Kier molecular flexibility index (Phi) is 6.05. The van der Waals surface area contributed by atoms with Crippen LogP contribution in [-0.4, -0.2) is 24.4 Å². The number of hydrogen-bond donors (Lipinski definition) is 0. The molecule has 0 spiro atoms. The molecule has 0 saturated heterocycles. The Balaban J connectivity index is 1.66. The van der Waals surface area contributed by atoms with Gasteiger partial charge in [-0.25, -0.2) is 0 Å². The van der Waals surface area contributed by atoms with E-state index in [4.69, 9.17) is 13.9 Å². The van der Waals surface area contributed by atoms with Crippen LogP contribution in [0.2, 0.25) is 0 Å². The van der Waals surface area contributed by atoms with Crippen LogP contribution in [0, 0.1) is 6.92 Å². The first-order valence-corrected chi connectivity index (χ1v) is 10.4. The summed E-state index contributed by atoms with van der Waals surface area (Å²) in [6.45, 7) is 2.12. The SMILES string of the molecule is COc1ccc(-c2nnc(SC(c3ccccc3)c3ccccc3C)o2)cc1OC. The molecule has 5 nitrogen and oxygen atoms in total. The zero-order valence-corrected chi connectivity index (χ0v) is 17.8. The predicted octanol–water partition coefficient (Wildman–Crippen LogP) is 5.94. The highest BCUT2D eigenvalue weighted by molar-refractivity contribution is 7.99. The Labute approximate surface area is 180 Å². The summed E-state index contributed by atoms with van der Waals surface area (Å²) >= 11 is 1.55. The monoisotopic (exact) mass is 418 g/mol. The van der Waals surface area contributed by atoms with E-state index < -0.39 is 0 Å². The van der Waals surface area contributed by atoms with E-state index >= 15 is 0 Å². The van der Waals surface area contributed by atoms with Crippen molar-refractivity contribution in [2.45, 2.75) is 17.4 Å². The molecule has 1 heterocycles. The summed E-state index contributed by atoms with van der Waals surface area (Å²) in [7, 11) is 3.21. The second kappa shape index (κ2) is 9.05. The first-order valence-electron chi connectivity index (χ1n) is 9.52. The highest BCUT2D eigenvalue weighted by Gasteiger charge is 2.21. The first kappa shape index (κ1) is 20.0. The van der Waals surface area contributed by atoms with Gasteiger partial charge in [0.2, 0.25) is 5.89 Å². The largest absolute Gasteiger partial charge is 0.493 e. The fourth-order valence-electron chi connectivity index (χ4n) is 3.26. The maximum Gasteiger partial charge on any atom is 0.277 e. The number of rotatable bonds is 7. The lowest BCUT2D eigenvalue weighted by Crippen LogP contribution is -1.99. The molecule has 0 bridgehead atoms. The highest BCUT2D eigenvalue weighted by atomic mass is 32.2. The highest BCUT2D eigenvalue weighted by Crippen LogP contribution is 2.42. The van der Waals surface area contributed by atoms with Gasteiger partial charge in [-0.3, -0.25) is 0 Å². The minimum Gasteiger partial charge on any atom is -0.493 e. The molecule has 0 saturated carbocycles. The normalized spacial score (nSPS) is 11.8. The van der Waals surface area contributed by atoms with Crippen molar-refractivity contribution in [3.8, 4) is 23.0 Å². The second-order valence-electron chi connectivity index (χ2n) is 6.71. The summed E-state index contributed by atoms with van der Waals surface area (Å²) in [5.74, 6) is 1.71. The molecule has 0 aliphatic rings. The zero-order valence-electron chi connectivity index (χ0n) is 17.0. The van der Waals surface area contributed by atoms with E-state index in [1.807, 2.05) is 42.5 Å². The number of methoxy groups -OCH3 is 2. The first-order chi connectivity index (χ1) is 14.7. The Bertz CT molecular complexity index is 1130. The Morgan fingerprint density at radius 2 is 1.57 bits per heavy atom. The Hall–Kier alpha value is -3.25. The quantitative estimate of drug-likeness (QED) is 0.346. The maximum atomic E-state index is 6.00. The summed E-state index contributed by atoms with van der Waals surface area (Å²) < 4.78 is 16.7. The van der Waals surface area contributed by atoms with Gasteiger partial charge in [-0.2, -0.15) is 0 Å². The summed E-state index contributed by atoms with van der Waals surface area (Å²) in [6, 6.07) is 24.3. The number of aromatic nitrogens is 2. The van der Waals surface area contributed by atoms with Gasteiger partial charge < -0.3 is 13.9 Å². The second-order valence-corrected chi connectivity index (χ2v) is 7.76. The minimum atomic E-state index is 0.0473. The average molecular weight is 419 g/mol. The van der Waals surface area contributed by atoms with E-state index in [-0.39, 0.29) is 5.25 Å². The summed E-state index contributed by atoms with van der Waals surface area (Å²) in [6.07, 6.45) is 0. The van der Waals surface area contributed by atoms with Gasteiger partial charge in [0.1, 0.15) is 0 Å². The third-order valence-corrected chi connectivity index (χ3v) is 5.96. The number of ether oxygens (including phenoxy) is 2. The van der Waals surface area contributed by atoms with Crippen molar-refractivity contribution < 1.29 is 13.9 Å². The van der Waals surface area contributed by atoms with Gasteiger partial charge in [-0.1, -0.05) is 66.4 Å². The van der Waals surface area contributed by atoms with E-state index in [1.54, 1.807) is 26.0 Å². The van der Waals surface area contributed by atoms with Crippen LogP contribution >= 0.6 is 11.8 Å². The molecule has 3 aromatic carbocycles. The van der Waals surface area contributed by atoms with Crippen LogP contribution in [0.3, 0.4) is 0 Å². The van der Waals surface area contributed by atoms with Crippen molar-refractivity contribution in [2.75, 3.05) is 14.2 Å². The molecule has 0 fully saturated rings. The summed E-state index contributed by atoms with van der Waals surface area (Å²) in [4.78, 5) is 0. The van der Waals surface area contributed by atoms with E-state index in [1.165, 1.54) is 16.7 Å². The number of aryl methyl sites for hydroxylation is 1. The van der Waals surface area contributed by atoms with Gasteiger partial charge in [-0.15, -0.1) is 10.2 Å². The van der Waals surface area contributed by atoms with E-state index in [0.717, 1.165) is 5.56 Å². The standard InChI is InChI=1S/C24H22N2O3S/c1-16-9-7-8-12-19(16)22(17-10-5-4-6-11-17)30-24-26-25-23(29-24)18-13-14-20(27-2)21(15-18)28-3/h4-15,22H,1-3H3. The maximum absolute atomic E-state index is 6.00. The molecule has 0 aliphatic carbocycles. The topological polar surface area (TPSA) is 57.4 Å². The Morgan fingerprint density at radius 3 is 2.30 bits per heavy atom. The third kappa shape index (κ3) is 4.19. The third-order valence-electron chi connectivity index (χ3n) is 4.83. The van der Waals surface area contributed by atoms with Crippen molar-refractivity contribution in [1.29, 1.82) is 0 Å². The lowest BCUT2D eigenvalue weighted by Gasteiger charge is -2.17. The van der Waals surface area contributed by atoms with E-state index in [0.29, 0.717) is 22.6 Å². The lowest BCUT2D eigenvalue weighted by atomic mass is 10.0. The van der Waals surface area contributed by atoms with Crippen molar-refractivity contribution in [3.05, 3.63) is 89.5 Å². The molecular weight excluding hydrogens is 396 g/mol. The van der Waals surface area contributed by atoms with Crippen LogP contribution in [0.1, 0.15) is 21.9 Å². The van der Waals surface area contributed by atoms with E-state index in [2.05, 4.69) is 47.5 Å². The van der Waals surface area contributed by atoms with Crippen LogP contribution in [0.4, 0.5) is 0 Å². The predicted molar refractivity (Wildman–Crippen MR) is 118 cm³/mol. The molecule has 0 radical (unpaired) electrons. The average Bonchev–Trinajstić information content (AvgIpc) is 3.27. The van der Waals surface area contributed by atoms with Crippen molar-refractivity contribution >= 4 is 11.8 Å². The fraction of sp³-hybridized carbons (Fsp3) is 0.167. The van der Waals surface area contributed by atoms with Gasteiger partial charge in [0.15, 0.2) is 11.5 Å². The van der Waals surface area contributed by atoms with Gasteiger partial charge in [0.25, 0.3) is 5.22 Å². The Morgan fingerprint density at radius 1 is 0.833 bits per heavy atom. The number of thioether (sulfide) groups is 1. The molecule has 30 heavy (non-hydrogen) atoms. The van der Waals surface area contributed by atoms with Crippen molar-refractivity contribution in [1.82, 2.24) is 10.2 Å². The smallest absolute Gasteiger partial charge is 0.277 e. The number of nitrogens with zero attached hydrogens (tertiary/aromatic N) is 2. The molecule has 1 unspecified atom stereocenters. The van der Waals surface area contributed by atoms with E-state index in [9.17, 15) is 0 Å². The molecule has 1 aromatic heterocycles. The molecule has 1 atom stereocenters. The molecular formula is C24H22N2O3S. The summed E-state index contributed by atoms with van der Waals surface area (Å²) in [5, 5.41) is 9.09. The zero-order chi connectivity index (χ0) is 20.9.